The Labute approximate surface area is 170 Å². The second-order valence-corrected chi connectivity index (χ2v) is 7.31. The molecule has 0 fully saturated rings. The summed E-state index contributed by atoms with van der Waals surface area (Å²) in [4.78, 5) is 25.7. The summed E-state index contributed by atoms with van der Waals surface area (Å²) in [5.74, 6) is 1.30. The fourth-order valence-electron chi connectivity index (χ4n) is 3.32. The second kappa shape index (κ2) is 8.82. The van der Waals surface area contributed by atoms with Crippen molar-refractivity contribution in [2.75, 3.05) is 14.2 Å². The zero-order valence-corrected chi connectivity index (χ0v) is 17.2. The van der Waals surface area contributed by atoms with Gasteiger partial charge in [-0.2, -0.15) is 0 Å². The van der Waals surface area contributed by atoms with Gasteiger partial charge in [-0.15, -0.1) is 0 Å². The minimum atomic E-state index is -0.228. The molecule has 1 N–H and O–H groups in total. The average molecular weight is 394 g/mol. The quantitative estimate of drug-likeness (QED) is 0.665. The van der Waals surface area contributed by atoms with Crippen LogP contribution in [0.25, 0.3) is 10.8 Å². The van der Waals surface area contributed by atoms with E-state index in [0.29, 0.717) is 40.9 Å². The summed E-state index contributed by atoms with van der Waals surface area (Å²) in [6.45, 7) is 4.97. The molecule has 0 saturated heterocycles. The molecule has 0 aliphatic carbocycles. The number of rotatable bonds is 7. The van der Waals surface area contributed by atoms with Crippen LogP contribution in [0.5, 0.6) is 11.5 Å². The van der Waals surface area contributed by atoms with Gasteiger partial charge in [-0.25, -0.2) is 0 Å². The molecule has 3 rings (SSSR count). The Balaban J connectivity index is 1.91. The normalized spacial score (nSPS) is 10.9. The van der Waals surface area contributed by atoms with Crippen LogP contribution in [0.1, 0.15) is 29.8 Å². The summed E-state index contributed by atoms with van der Waals surface area (Å²) >= 11 is 0. The van der Waals surface area contributed by atoms with Gasteiger partial charge in [0.2, 0.25) is 0 Å². The first-order chi connectivity index (χ1) is 13.9. The van der Waals surface area contributed by atoms with Gasteiger partial charge in [0.15, 0.2) is 11.5 Å². The van der Waals surface area contributed by atoms with Gasteiger partial charge in [0.05, 0.1) is 19.8 Å². The van der Waals surface area contributed by atoms with Crippen LogP contribution in [0, 0.1) is 5.92 Å². The number of amides is 1. The molecule has 3 aromatic rings. The third-order valence-electron chi connectivity index (χ3n) is 4.70. The molecule has 0 radical (unpaired) electrons. The average Bonchev–Trinajstić information content (AvgIpc) is 2.73. The van der Waals surface area contributed by atoms with Crippen LogP contribution in [0.2, 0.25) is 0 Å². The first-order valence-electron chi connectivity index (χ1n) is 9.56. The molecule has 0 unspecified atom stereocenters. The number of ether oxygens (including phenoxy) is 2. The number of nitrogens with one attached hydrogen (secondary N) is 1. The molecule has 1 heterocycles. The van der Waals surface area contributed by atoms with E-state index in [1.165, 1.54) is 0 Å². The first-order valence-corrected chi connectivity index (χ1v) is 9.56. The van der Waals surface area contributed by atoms with Crippen LogP contribution < -0.4 is 20.3 Å². The Kier molecular flexibility index (Phi) is 6.22. The van der Waals surface area contributed by atoms with Crippen molar-refractivity contribution in [3.8, 4) is 11.5 Å². The lowest BCUT2D eigenvalue weighted by molar-refractivity contribution is 0.0951. The molecular weight excluding hydrogens is 368 g/mol. The van der Waals surface area contributed by atoms with Gasteiger partial charge in [0.1, 0.15) is 0 Å². The highest BCUT2D eigenvalue weighted by Crippen LogP contribution is 2.27. The molecule has 0 atom stereocenters. The number of benzene rings is 2. The van der Waals surface area contributed by atoms with Gasteiger partial charge in [0, 0.05) is 30.1 Å². The minimum Gasteiger partial charge on any atom is -0.493 e. The van der Waals surface area contributed by atoms with Gasteiger partial charge in [-0.3, -0.25) is 9.59 Å². The number of aromatic nitrogens is 1. The van der Waals surface area contributed by atoms with Crippen molar-refractivity contribution in [3.05, 3.63) is 70.1 Å². The number of hydrogen-bond acceptors (Lipinski definition) is 4. The second-order valence-electron chi connectivity index (χ2n) is 7.31. The number of hydrogen-bond donors (Lipinski definition) is 1. The Hall–Kier alpha value is -3.28. The maximum atomic E-state index is 13.0. The van der Waals surface area contributed by atoms with Crippen LogP contribution >= 0.6 is 0 Å². The molecule has 1 amide bonds. The van der Waals surface area contributed by atoms with E-state index in [2.05, 4.69) is 5.32 Å². The number of nitrogens with zero attached hydrogens (tertiary/aromatic N) is 1. The van der Waals surface area contributed by atoms with Crippen molar-refractivity contribution in [3.63, 3.8) is 0 Å². The summed E-state index contributed by atoms with van der Waals surface area (Å²) in [6.07, 6.45) is 1.66. The Morgan fingerprint density at radius 3 is 2.38 bits per heavy atom. The molecule has 0 saturated carbocycles. The van der Waals surface area contributed by atoms with Crippen molar-refractivity contribution < 1.29 is 14.3 Å². The predicted octanol–water partition coefficient (Wildman–Crippen LogP) is 3.60. The number of methoxy groups -OCH3 is 2. The third kappa shape index (κ3) is 4.42. The van der Waals surface area contributed by atoms with E-state index < -0.39 is 0 Å². The highest BCUT2D eigenvalue weighted by Gasteiger charge is 2.15. The summed E-state index contributed by atoms with van der Waals surface area (Å²) < 4.78 is 12.2. The Morgan fingerprint density at radius 1 is 1.03 bits per heavy atom. The maximum absolute atomic E-state index is 13.0. The van der Waals surface area contributed by atoms with Crippen LogP contribution in [0.4, 0.5) is 0 Å². The van der Waals surface area contributed by atoms with E-state index in [4.69, 9.17) is 9.47 Å². The topological polar surface area (TPSA) is 69.6 Å². The fourth-order valence-corrected chi connectivity index (χ4v) is 3.32. The molecule has 6 nitrogen and oxygen atoms in total. The number of fused-ring (bicyclic) bond motifs is 1. The molecule has 1 aromatic heterocycles. The number of pyridine rings is 1. The molecule has 2 aromatic carbocycles. The highest BCUT2D eigenvalue weighted by molar-refractivity contribution is 6.06. The lowest BCUT2D eigenvalue weighted by Crippen LogP contribution is -2.28. The van der Waals surface area contributed by atoms with E-state index in [-0.39, 0.29) is 17.4 Å². The van der Waals surface area contributed by atoms with E-state index in [9.17, 15) is 9.59 Å². The SMILES string of the molecule is COc1ccc(CNC(=O)c2cn(CC(C)C)c(=O)c3ccccc23)cc1OC. The highest BCUT2D eigenvalue weighted by atomic mass is 16.5. The van der Waals surface area contributed by atoms with Crippen LogP contribution in [-0.2, 0) is 13.1 Å². The molecule has 0 aliphatic heterocycles. The van der Waals surface area contributed by atoms with E-state index >= 15 is 0 Å². The third-order valence-corrected chi connectivity index (χ3v) is 4.70. The minimum absolute atomic E-state index is 0.0780. The predicted molar refractivity (Wildman–Crippen MR) is 114 cm³/mol. The Morgan fingerprint density at radius 2 is 1.72 bits per heavy atom. The smallest absolute Gasteiger partial charge is 0.258 e. The Bertz CT molecular complexity index is 1090. The van der Waals surface area contributed by atoms with E-state index in [1.807, 2.05) is 44.2 Å². The van der Waals surface area contributed by atoms with Gasteiger partial charge in [0.25, 0.3) is 11.5 Å². The standard InChI is InChI=1S/C23H26N2O4/c1-15(2)13-25-14-19(17-7-5-6-8-18(17)23(25)27)22(26)24-12-16-9-10-20(28-3)21(11-16)29-4/h5-11,14-15H,12-13H2,1-4H3,(H,24,26). The lowest BCUT2D eigenvalue weighted by Gasteiger charge is -2.14. The van der Waals surface area contributed by atoms with Crippen LogP contribution in [-0.4, -0.2) is 24.7 Å². The monoisotopic (exact) mass is 394 g/mol. The summed E-state index contributed by atoms with van der Waals surface area (Å²) in [7, 11) is 3.15. The molecule has 0 bridgehead atoms. The number of carbonyl (C=O) groups excluding carboxylic acids is 1. The van der Waals surface area contributed by atoms with Crippen LogP contribution in [0.3, 0.4) is 0 Å². The lowest BCUT2D eigenvalue weighted by atomic mass is 10.1. The van der Waals surface area contributed by atoms with Crippen molar-refractivity contribution in [2.24, 2.45) is 5.92 Å². The van der Waals surface area contributed by atoms with Crippen molar-refractivity contribution in [1.82, 2.24) is 9.88 Å². The van der Waals surface area contributed by atoms with Crippen molar-refractivity contribution in [2.45, 2.75) is 26.9 Å². The largest absolute Gasteiger partial charge is 0.493 e. The first kappa shape index (κ1) is 20.5. The maximum Gasteiger partial charge on any atom is 0.258 e. The van der Waals surface area contributed by atoms with E-state index in [0.717, 1.165) is 5.56 Å². The van der Waals surface area contributed by atoms with Crippen molar-refractivity contribution in [1.29, 1.82) is 0 Å². The zero-order valence-electron chi connectivity index (χ0n) is 17.2. The zero-order chi connectivity index (χ0) is 21.0. The van der Waals surface area contributed by atoms with Gasteiger partial charge in [-0.05, 0) is 29.7 Å². The molecule has 0 aliphatic rings. The summed E-state index contributed by atoms with van der Waals surface area (Å²) in [5, 5.41) is 4.15. The fraction of sp³-hybridized carbons (Fsp3) is 0.304. The summed E-state index contributed by atoms with van der Waals surface area (Å²) in [6, 6.07) is 12.7. The summed E-state index contributed by atoms with van der Waals surface area (Å²) in [5.41, 5.74) is 1.29. The van der Waals surface area contributed by atoms with Crippen molar-refractivity contribution >= 4 is 16.7 Å². The molecule has 0 spiro atoms. The van der Waals surface area contributed by atoms with Gasteiger partial charge < -0.3 is 19.4 Å². The molecule has 6 heteroatoms. The molecule has 152 valence electrons. The van der Waals surface area contributed by atoms with E-state index in [1.54, 1.807) is 37.1 Å². The van der Waals surface area contributed by atoms with Crippen LogP contribution in [0.15, 0.2) is 53.5 Å². The van der Waals surface area contributed by atoms with Gasteiger partial charge in [-0.1, -0.05) is 38.1 Å². The number of carbonyl (C=O) groups is 1. The van der Waals surface area contributed by atoms with Gasteiger partial charge >= 0.3 is 0 Å². The molecule has 29 heavy (non-hydrogen) atoms. The molecular formula is C23H26N2O4.